The Kier molecular flexibility index (Phi) is 3.43. The standard InChI is InChI=1S/C21H29NO3/c1-19(2)16-6-5-12-13(20(16,3)10-8-17(19)23)7-9-21(4)14(12)11-15(22-25)18(21)24/h6,12-14,25H,5,7-11H2,1-4H3. The van der Waals surface area contributed by atoms with E-state index in [0.717, 1.165) is 25.7 Å². The summed E-state index contributed by atoms with van der Waals surface area (Å²) in [7, 11) is 0. The molecule has 0 aromatic carbocycles. The molecule has 3 fully saturated rings. The van der Waals surface area contributed by atoms with Crippen LogP contribution in [0.1, 0.15) is 66.2 Å². The molecule has 0 saturated heterocycles. The number of nitrogens with zero attached hydrogens (tertiary/aromatic N) is 1. The highest BCUT2D eigenvalue weighted by Gasteiger charge is 2.62. The maximum absolute atomic E-state index is 12.7. The van der Waals surface area contributed by atoms with E-state index in [1.807, 2.05) is 0 Å². The second kappa shape index (κ2) is 5.05. The Balaban J connectivity index is 1.76. The summed E-state index contributed by atoms with van der Waals surface area (Å²) in [5.41, 5.74) is 1.03. The summed E-state index contributed by atoms with van der Waals surface area (Å²) in [6.45, 7) is 8.59. The van der Waals surface area contributed by atoms with Gasteiger partial charge in [-0.2, -0.15) is 0 Å². The van der Waals surface area contributed by atoms with E-state index < -0.39 is 0 Å². The van der Waals surface area contributed by atoms with E-state index in [4.69, 9.17) is 0 Å². The molecule has 0 aromatic heterocycles. The third kappa shape index (κ3) is 1.97. The molecule has 4 rings (SSSR count). The fourth-order valence-corrected chi connectivity index (χ4v) is 6.91. The lowest BCUT2D eigenvalue weighted by Gasteiger charge is -2.58. The van der Waals surface area contributed by atoms with Crippen LogP contribution in [0, 0.1) is 34.0 Å². The van der Waals surface area contributed by atoms with Crippen LogP contribution in [0.25, 0.3) is 0 Å². The van der Waals surface area contributed by atoms with Crippen LogP contribution >= 0.6 is 0 Å². The van der Waals surface area contributed by atoms with E-state index >= 15 is 0 Å². The van der Waals surface area contributed by atoms with Gasteiger partial charge in [0, 0.05) is 23.7 Å². The first-order valence-electron chi connectivity index (χ1n) is 9.66. The number of hydrogen-bond donors (Lipinski definition) is 1. The molecule has 25 heavy (non-hydrogen) atoms. The smallest absolute Gasteiger partial charge is 0.186 e. The van der Waals surface area contributed by atoms with E-state index in [2.05, 4.69) is 38.9 Å². The van der Waals surface area contributed by atoms with Gasteiger partial charge in [-0.1, -0.05) is 30.7 Å². The highest BCUT2D eigenvalue weighted by molar-refractivity contribution is 6.43. The van der Waals surface area contributed by atoms with Gasteiger partial charge in [0.25, 0.3) is 0 Å². The van der Waals surface area contributed by atoms with E-state index in [1.165, 1.54) is 5.57 Å². The summed E-state index contributed by atoms with van der Waals surface area (Å²) in [6.07, 6.45) is 7.36. The maximum atomic E-state index is 12.7. The Morgan fingerprint density at radius 1 is 1.08 bits per heavy atom. The number of carbonyl (C=O) groups is 2. The van der Waals surface area contributed by atoms with Crippen LogP contribution in [-0.4, -0.2) is 22.5 Å². The summed E-state index contributed by atoms with van der Waals surface area (Å²) < 4.78 is 0. The highest BCUT2D eigenvalue weighted by atomic mass is 16.4. The van der Waals surface area contributed by atoms with Gasteiger partial charge in [0.2, 0.25) is 0 Å². The third-order valence-electron chi connectivity index (χ3n) is 8.41. The number of fused-ring (bicyclic) bond motifs is 5. The molecule has 0 heterocycles. The summed E-state index contributed by atoms with van der Waals surface area (Å²) in [5.74, 6) is 1.64. The lowest BCUT2D eigenvalue weighted by Crippen LogP contribution is -2.53. The zero-order valence-electron chi connectivity index (χ0n) is 15.8. The normalized spacial score (nSPS) is 47.1. The molecule has 136 valence electrons. The van der Waals surface area contributed by atoms with Gasteiger partial charge in [-0.25, -0.2) is 0 Å². The second-order valence-corrected chi connectivity index (χ2v) is 9.73. The molecule has 4 heteroatoms. The lowest BCUT2D eigenvalue weighted by molar-refractivity contribution is -0.134. The molecule has 5 atom stereocenters. The molecule has 0 bridgehead atoms. The van der Waals surface area contributed by atoms with Crippen molar-refractivity contribution in [1.29, 1.82) is 0 Å². The molecule has 5 unspecified atom stereocenters. The van der Waals surface area contributed by atoms with Gasteiger partial charge >= 0.3 is 0 Å². The Morgan fingerprint density at radius 3 is 2.48 bits per heavy atom. The second-order valence-electron chi connectivity index (χ2n) is 9.73. The van der Waals surface area contributed by atoms with Crippen LogP contribution in [0.5, 0.6) is 0 Å². The predicted octanol–water partition coefficient (Wildman–Crippen LogP) is 4.16. The van der Waals surface area contributed by atoms with Crippen LogP contribution in [0.2, 0.25) is 0 Å². The SMILES string of the molecule is CC1(C)C(=O)CCC2(C)C1=CCC1C3CC(=NO)C(=O)C3(C)CCC12. The zero-order valence-corrected chi connectivity index (χ0v) is 15.8. The molecule has 1 N–H and O–H groups in total. The van der Waals surface area contributed by atoms with Crippen molar-refractivity contribution in [1.82, 2.24) is 0 Å². The van der Waals surface area contributed by atoms with Gasteiger partial charge in [-0.05, 0) is 62.7 Å². The molecule has 0 amide bonds. The number of allylic oxidation sites excluding steroid dienone is 2. The van der Waals surface area contributed by atoms with Gasteiger partial charge in [-0.15, -0.1) is 0 Å². The van der Waals surface area contributed by atoms with Crippen LogP contribution in [-0.2, 0) is 9.59 Å². The molecule has 0 spiro atoms. The van der Waals surface area contributed by atoms with Crippen molar-refractivity contribution >= 4 is 17.3 Å². The molecule has 0 radical (unpaired) electrons. The van der Waals surface area contributed by atoms with Gasteiger partial charge < -0.3 is 5.21 Å². The van der Waals surface area contributed by atoms with Crippen LogP contribution in [0.3, 0.4) is 0 Å². The quantitative estimate of drug-likeness (QED) is 0.408. The molecule has 4 aliphatic rings. The average molecular weight is 343 g/mol. The number of oxime groups is 1. The van der Waals surface area contributed by atoms with E-state index in [-0.39, 0.29) is 27.9 Å². The molecule has 4 nitrogen and oxygen atoms in total. The topological polar surface area (TPSA) is 66.7 Å². The van der Waals surface area contributed by atoms with Crippen molar-refractivity contribution in [3.05, 3.63) is 11.6 Å². The molecule has 0 aromatic rings. The van der Waals surface area contributed by atoms with Gasteiger partial charge in [0.1, 0.15) is 11.5 Å². The van der Waals surface area contributed by atoms with Crippen LogP contribution in [0.4, 0.5) is 0 Å². The van der Waals surface area contributed by atoms with Crippen molar-refractivity contribution in [3.8, 4) is 0 Å². The molecule has 0 aliphatic heterocycles. The lowest BCUT2D eigenvalue weighted by atomic mass is 9.45. The highest BCUT2D eigenvalue weighted by Crippen LogP contribution is 2.65. The van der Waals surface area contributed by atoms with Crippen molar-refractivity contribution in [2.75, 3.05) is 0 Å². The Labute approximate surface area is 149 Å². The van der Waals surface area contributed by atoms with Crippen LogP contribution < -0.4 is 0 Å². The number of hydrogen-bond acceptors (Lipinski definition) is 4. The van der Waals surface area contributed by atoms with Crippen molar-refractivity contribution in [2.24, 2.45) is 39.2 Å². The average Bonchev–Trinajstić information content (AvgIpc) is 2.83. The Bertz CT molecular complexity index is 719. The number of rotatable bonds is 0. The van der Waals surface area contributed by atoms with Crippen molar-refractivity contribution in [2.45, 2.75) is 66.2 Å². The van der Waals surface area contributed by atoms with E-state index in [9.17, 15) is 14.8 Å². The van der Waals surface area contributed by atoms with E-state index in [0.29, 0.717) is 36.2 Å². The summed E-state index contributed by atoms with van der Waals surface area (Å²) >= 11 is 0. The first kappa shape index (κ1) is 17.0. The van der Waals surface area contributed by atoms with Crippen molar-refractivity contribution in [3.63, 3.8) is 0 Å². The molecular weight excluding hydrogens is 314 g/mol. The van der Waals surface area contributed by atoms with Crippen molar-refractivity contribution < 1.29 is 14.8 Å². The van der Waals surface area contributed by atoms with Crippen LogP contribution in [0.15, 0.2) is 16.8 Å². The fraction of sp³-hybridized carbons (Fsp3) is 0.762. The van der Waals surface area contributed by atoms with Gasteiger partial charge in [0.05, 0.1) is 0 Å². The minimum atomic E-state index is -0.371. The monoisotopic (exact) mass is 343 g/mol. The number of Topliss-reactive ketones (excluding diaryl/α,β-unsaturated/α-hetero) is 2. The number of carbonyl (C=O) groups excluding carboxylic acids is 2. The predicted molar refractivity (Wildman–Crippen MR) is 95.5 cm³/mol. The Hall–Kier alpha value is -1.45. The first-order chi connectivity index (χ1) is 11.7. The minimum absolute atomic E-state index is 0.0533. The van der Waals surface area contributed by atoms with Gasteiger partial charge in [0.15, 0.2) is 5.78 Å². The largest absolute Gasteiger partial charge is 0.411 e. The minimum Gasteiger partial charge on any atom is -0.411 e. The van der Waals surface area contributed by atoms with Gasteiger partial charge in [-0.3, -0.25) is 9.59 Å². The third-order valence-corrected chi connectivity index (χ3v) is 8.41. The maximum Gasteiger partial charge on any atom is 0.186 e. The summed E-state index contributed by atoms with van der Waals surface area (Å²) in [5, 5.41) is 12.6. The number of ketones is 2. The summed E-state index contributed by atoms with van der Waals surface area (Å²) in [6, 6.07) is 0. The Morgan fingerprint density at radius 2 is 1.80 bits per heavy atom. The zero-order chi connectivity index (χ0) is 18.2. The molecule has 3 saturated carbocycles. The first-order valence-corrected chi connectivity index (χ1v) is 9.66. The molecular formula is C21H29NO3. The summed E-state index contributed by atoms with van der Waals surface area (Å²) in [4.78, 5) is 25.2. The van der Waals surface area contributed by atoms with E-state index in [1.54, 1.807) is 0 Å². The molecule has 4 aliphatic carbocycles. The fourth-order valence-electron chi connectivity index (χ4n) is 6.91.